The second-order valence-electron chi connectivity index (χ2n) is 5.64. The zero-order chi connectivity index (χ0) is 11.5. The van der Waals surface area contributed by atoms with E-state index in [1.54, 1.807) is 0 Å². The summed E-state index contributed by atoms with van der Waals surface area (Å²) in [5, 5.41) is 0. The maximum atomic E-state index is 2.75. The minimum atomic E-state index is 0.790. The first-order valence-corrected chi connectivity index (χ1v) is 7.24. The SMILES string of the molecule is CCC(CC)C(C)N1CCN2CCCC2C1. The van der Waals surface area contributed by atoms with Gasteiger partial charge in [-0.05, 0) is 32.2 Å². The highest BCUT2D eigenvalue weighted by atomic mass is 15.3. The largest absolute Gasteiger partial charge is 0.298 e. The summed E-state index contributed by atoms with van der Waals surface area (Å²) in [6.07, 6.45) is 5.54. The molecule has 0 aromatic carbocycles. The molecule has 2 rings (SSSR count). The lowest BCUT2D eigenvalue weighted by Crippen LogP contribution is -2.54. The van der Waals surface area contributed by atoms with Crippen molar-refractivity contribution >= 4 is 0 Å². The third kappa shape index (κ3) is 2.43. The Morgan fingerprint density at radius 2 is 1.88 bits per heavy atom. The van der Waals surface area contributed by atoms with Crippen LogP contribution in [0.1, 0.15) is 46.5 Å². The molecule has 2 saturated heterocycles. The second-order valence-corrected chi connectivity index (χ2v) is 5.64. The fourth-order valence-corrected chi connectivity index (χ4v) is 3.65. The van der Waals surface area contributed by atoms with E-state index in [2.05, 4.69) is 30.6 Å². The Hall–Kier alpha value is -0.0800. The smallest absolute Gasteiger partial charge is 0.0224 e. The molecule has 2 aliphatic heterocycles. The lowest BCUT2D eigenvalue weighted by Gasteiger charge is -2.42. The van der Waals surface area contributed by atoms with Crippen LogP contribution in [0.3, 0.4) is 0 Å². The molecule has 2 heterocycles. The van der Waals surface area contributed by atoms with E-state index >= 15 is 0 Å². The van der Waals surface area contributed by atoms with Gasteiger partial charge in [-0.1, -0.05) is 26.7 Å². The maximum absolute atomic E-state index is 2.75. The van der Waals surface area contributed by atoms with Crippen LogP contribution < -0.4 is 0 Å². The summed E-state index contributed by atoms with van der Waals surface area (Å²) in [7, 11) is 0. The molecule has 2 unspecified atom stereocenters. The molecule has 0 aromatic heterocycles. The van der Waals surface area contributed by atoms with E-state index in [0.29, 0.717) is 0 Å². The van der Waals surface area contributed by atoms with Crippen molar-refractivity contribution in [2.24, 2.45) is 5.92 Å². The van der Waals surface area contributed by atoms with E-state index in [4.69, 9.17) is 0 Å². The molecule has 2 nitrogen and oxygen atoms in total. The average molecular weight is 224 g/mol. The molecule has 2 fully saturated rings. The van der Waals surface area contributed by atoms with Gasteiger partial charge in [0.15, 0.2) is 0 Å². The summed E-state index contributed by atoms with van der Waals surface area (Å²) < 4.78 is 0. The average Bonchev–Trinajstić information content (AvgIpc) is 2.77. The monoisotopic (exact) mass is 224 g/mol. The van der Waals surface area contributed by atoms with Crippen molar-refractivity contribution in [3.8, 4) is 0 Å². The van der Waals surface area contributed by atoms with Gasteiger partial charge in [0, 0.05) is 31.7 Å². The Labute approximate surface area is 101 Å². The van der Waals surface area contributed by atoms with E-state index in [1.165, 1.54) is 51.9 Å². The van der Waals surface area contributed by atoms with E-state index in [-0.39, 0.29) is 0 Å². The summed E-state index contributed by atoms with van der Waals surface area (Å²) in [5.74, 6) is 0.896. The minimum absolute atomic E-state index is 0.790. The number of hydrogen-bond donors (Lipinski definition) is 0. The van der Waals surface area contributed by atoms with Crippen LogP contribution in [-0.2, 0) is 0 Å². The Morgan fingerprint density at radius 1 is 1.12 bits per heavy atom. The third-order valence-electron chi connectivity index (χ3n) is 4.93. The first-order chi connectivity index (χ1) is 7.76. The fourth-order valence-electron chi connectivity index (χ4n) is 3.65. The number of fused-ring (bicyclic) bond motifs is 1. The van der Waals surface area contributed by atoms with Gasteiger partial charge in [0.05, 0.1) is 0 Å². The molecule has 16 heavy (non-hydrogen) atoms. The van der Waals surface area contributed by atoms with Crippen molar-refractivity contribution in [1.29, 1.82) is 0 Å². The molecule has 0 amide bonds. The number of piperazine rings is 1. The van der Waals surface area contributed by atoms with Crippen LogP contribution in [0.15, 0.2) is 0 Å². The van der Waals surface area contributed by atoms with Crippen molar-refractivity contribution in [3.05, 3.63) is 0 Å². The van der Waals surface area contributed by atoms with E-state index in [1.807, 2.05) is 0 Å². The number of rotatable bonds is 4. The lowest BCUT2D eigenvalue weighted by molar-refractivity contribution is 0.0537. The normalized spacial score (nSPS) is 29.6. The Kier molecular flexibility index (Phi) is 4.26. The summed E-state index contributed by atoms with van der Waals surface area (Å²) in [6.45, 7) is 12.4. The molecular formula is C14H28N2. The molecule has 0 saturated carbocycles. The Bertz CT molecular complexity index is 213. The van der Waals surface area contributed by atoms with E-state index < -0.39 is 0 Å². The molecule has 2 heteroatoms. The van der Waals surface area contributed by atoms with Crippen LogP contribution in [0.25, 0.3) is 0 Å². The predicted molar refractivity (Wildman–Crippen MR) is 69.7 cm³/mol. The molecule has 94 valence electrons. The zero-order valence-corrected chi connectivity index (χ0v) is 11.3. The van der Waals surface area contributed by atoms with E-state index in [9.17, 15) is 0 Å². The Morgan fingerprint density at radius 3 is 2.56 bits per heavy atom. The first-order valence-electron chi connectivity index (χ1n) is 7.24. The molecule has 0 aliphatic carbocycles. The van der Waals surface area contributed by atoms with Crippen molar-refractivity contribution in [1.82, 2.24) is 9.80 Å². The van der Waals surface area contributed by atoms with Crippen LogP contribution in [0, 0.1) is 5.92 Å². The van der Waals surface area contributed by atoms with Gasteiger partial charge in [0.1, 0.15) is 0 Å². The maximum Gasteiger partial charge on any atom is 0.0224 e. The van der Waals surface area contributed by atoms with Crippen molar-refractivity contribution in [2.75, 3.05) is 26.2 Å². The van der Waals surface area contributed by atoms with Crippen LogP contribution in [0.4, 0.5) is 0 Å². The second kappa shape index (κ2) is 5.50. The highest BCUT2D eigenvalue weighted by molar-refractivity contribution is 4.89. The number of hydrogen-bond acceptors (Lipinski definition) is 2. The first kappa shape index (κ1) is 12.4. The fraction of sp³-hybridized carbons (Fsp3) is 1.00. The summed E-state index contributed by atoms with van der Waals surface area (Å²) in [5.41, 5.74) is 0. The summed E-state index contributed by atoms with van der Waals surface area (Å²) >= 11 is 0. The van der Waals surface area contributed by atoms with Crippen molar-refractivity contribution < 1.29 is 0 Å². The lowest BCUT2D eigenvalue weighted by atomic mass is 9.93. The predicted octanol–water partition coefficient (Wildman–Crippen LogP) is 2.59. The van der Waals surface area contributed by atoms with Crippen LogP contribution in [0.5, 0.6) is 0 Å². The van der Waals surface area contributed by atoms with Gasteiger partial charge >= 0.3 is 0 Å². The molecule has 0 bridgehead atoms. The van der Waals surface area contributed by atoms with Gasteiger partial charge in [-0.25, -0.2) is 0 Å². The molecule has 0 spiro atoms. The van der Waals surface area contributed by atoms with Gasteiger partial charge in [0.2, 0.25) is 0 Å². The van der Waals surface area contributed by atoms with E-state index in [0.717, 1.165) is 18.0 Å². The van der Waals surface area contributed by atoms with Crippen molar-refractivity contribution in [3.63, 3.8) is 0 Å². The topological polar surface area (TPSA) is 6.48 Å². The summed E-state index contributed by atoms with van der Waals surface area (Å²) in [4.78, 5) is 5.46. The molecule has 2 aliphatic rings. The van der Waals surface area contributed by atoms with Crippen LogP contribution >= 0.6 is 0 Å². The van der Waals surface area contributed by atoms with Gasteiger partial charge in [-0.3, -0.25) is 9.80 Å². The highest BCUT2D eigenvalue weighted by Crippen LogP contribution is 2.26. The van der Waals surface area contributed by atoms with Gasteiger partial charge in [-0.2, -0.15) is 0 Å². The van der Waals surface area contributed by atoms with Crippen LogP contribution in [0.2, 0.25) is 0 Å². The summed E-state index contributed by atoms with van der Waals surface area (Å²) in [6, 6.07) is 1.67. The minimum Gasteiger partial charge on any atom is -0.298 e. The third-order valence-corrected chi connectivity index (χ3v) is 4.93. The zero-order valence-electron chi connectivity index (χ0n) is 11.3. The molecule has 0 aromatic rings. The quantitative estimate of drug-likeness (QED) is 0.724. The van der Waals surface area contributed by atoms with Gasteiger partial charge < -0.3 is 0 Å². The molecule has 0 N–H and O–H groups in total. The molecular weight excluding hydrogens is 196 g/mol. The highest BCUT2D eigenvalue weighted by Gasteiger charge is 2.33. The number of nitrogens with zero attached hydrogens (tertiary/aromatic N) is 2. The molecule has 0 radical (unpaired) electrons. The van der Waals surface area contributed by atoms with Gasteiger partial charge in [0.25, 0.3) is 0 Å². The molecule has 2 atom stereocenters. The van der Waals surface area contributed by atoms with Crippen LogP contribution in [-0.4, -0.2) is 48.1 Å². The van der Waals surface area contributed by atoms with Crippen molar-refractivity contribution in [2.45, 2.75) is 58.5 Å². The standard InChI is InChI=1S/C14H28N2/c1-4-13(5-2)12(3)16-10-9-15-8-6-7-14(15)11-16/h12-14H,4-11H2,1-3H3. The Balaban J connectivity index is 1.90. The van der Waals surface area contributed by atoms with Gasteiger partial charge in [-0.15, -0.1) is 0 Å².